The Balaban J connectivity index is 1.95. The van der Waals surface area contributed by atoms with Crippen molar-refractivity contribution in [3.05, 3.63) is 29.8 Å². The number of hydrogen-bond acceptors (Lipinski definition) is 2. The lowest BCUT2D eigenvalue weighted by atomic mass is 9.84. The van der Waals surface area contributed by atoms with Gasteiger partial charge in [-0.3, -0.25) is 0 Å². The second kappa shape index (κ2) is 5.90. The highest BCUT2D eigenvalue weighted by Gasteiger charge is 2.14. The molecule has 1 aliphatic carbocycles. The Hall–Kier alpha value is -1.02. The number of nitrogens with two attached hydrogens (primary N) is 1. The Kier molecular flexibility index (Phi) is 4.23. The van der Waals surface area contributed by atoms with Crippen LogP contribution in [0.5, 0.6) is 0 Å². The van der Waals surface area contributed by atoms with Gasteiger partial charge in [-0.15, -0.1) is 0 Å². The van der Waals surface area contributed by atoms with Gasteiger partial charge in [0.1, 0.15) is 0 Å². The molecule has 1 saturated carbocycles. The predicted molar refractivity (Wildman–Crippen MR) is 69.8 cm³/mol. The summed E-state index contributed by atoms with van der Waals surface area (Å²) < 4.78 is 0. The molecule has 3 N–H and O–H groups in total. The molecule has 1 aliphatic rings. The first kappa shape index (κ1) is 11.5. The van der Waals surface area contributed by atoms with Crippen molar-refractivity contribution < 1.29 is 0 Å². The highest BCUT2D eigenvalue weighted by Crippen LogP contribution is 2.32. The molecule has 2 nitrogen and oxygen atoms in total. The normalized spacial score (nSPS) is 17.3. The van der Waals surface area contributed by atoms with E-state index in [9.17, 15) is 0 Å². The van der Waals surface area contributed by atoms with Crippen molar-refractivity contribution in [3.63, 3.8) is 0 Å². The van der Waals surface area contributed by atoms with Crippen LogP contribution in [0.4, 0.5) is 5.69 Å². The Morgan fingerprint density at radius 2 is 1.75 bits per heavy atom. The van der Waals surface area contributed by atoms with Crippen LogP contribution in [0.25, 0.3) is 0 Å². The van der Waals surface area contributed by atoms with Gasteiger partial charge >= 0.3 is 0 Å². The molecule has 0 saturated heterocycles. The lowest BCUT2D eigenvalue weighted by molar-refractivity contribution is 0.443. The first-order chi connectivity index (χ1) is 7.90. The summed E-state index contributed by atoms with van der Waals surface area (Å²) in [6.07, 6.45) is 6.97. The number of rotatable bonds is 4. The van der Waals surface area contributed by atoms with Gasteiger partial charge in [-0.1, -0.05) is 31.4 Å². The molecule has 0 aromatic heterocycles. The predicted octanol–water partition coefficient (Wildman–Crippen LogP) is 3.10. The molecule has 1 fully saturated rings. The fourth-order valence-corrected chi connectivity index (χ4v) is 2.53. The molecule has 1 aromatic rings. The molecule has 16 heavy (non-hydrogen) atoms. The van der Waals surface area contributed by atoms with E-state index in [-0.39, 0.29) is 0 Å². The fourth-order valence-electron chi connectivity index (χ4n) is 2.53. The summed E-state index contributed by atoms with van der Waals surface area (Å²) in [5.74, 6) is 0.803. The Bertz CT molecular complexity index is 299. The molecule has 0 atom stereocenters. The summed E-state index contributed by atoms with van der Waals surface area (Å²) in [4.78, 5) is 0. The van der Waals surface area contributed by atoms with Crippen LogP contribution in [0.1, 0.15) is 43.6 Å². The quantitative estimate of drug-likeness (QED) is 0.815. The van der Waals surface area contributed by atoms with Gasteiger partial charge in [0, 0.05) is 18.8 Å². The molecular weight excluding hydrogens is 196 g/mol. The third kappa shape index (κ3) is 2.99. The van der Waals surface area contributed by atoms with Crippen LogP contribution in [0.2, 0.25) is 0 Å². The van der Waals surface area contributed by atoms with E-state index in [0.29, 0.717) is 6.54 Å². The van der Waals surface area contributed by atoms with E-state index in [2.05, 4.69) is 29.6 Å². The van der Waals surface area contributed by atoms with Crippen molar-refractivity contribution >= 4 is 5.69 Å². The van der Waals surface area contributed by atoms with E-state index in [4.69, 9.17) is 5.73 Å². The van der Waals surface area contributed by atoms with Crippen molar-refractivity contribution in [3.8, 4) is 0 Å². The van der Waals surface area contributed by atoms with E-state index in [1.807, 2.05) is 0 Å². The van der Waals surface area contributed by atoms with E-state index in [1.54, 1.807) is 0 Å². The van der Waals surface area contributed by atoms with E-state index >= 15 is 0 Å². The van der Waals surface area contributed by atoms with Crippen molar-refractivity contribution in [2.75, 3.05) is 18.4 Å². The van der Waals surface area contributed by atoms with Gasteiger partial charge in [-0.05, 0) is 36.5 Å². The van der Waals surface area contributed by atoms with Gasteiger partial charge in [0.2, 0.25) is 0 Å². The smallest absolute Gasteiger partial charge is 0.0340 e. The van der Waals surface area contributed by atoms with Gasteiger partial charge < -0.3 is 11.1 Å². The summed E-state index contributed by atoms with van der Waals surface area (Å²) in [6, 6.07) is 8.91. The topological polar surface area (TPSA) is 38.0 Å². The van der Waals surface area contributed by atoms with Crippen LogP contribution in [-0.4, -0.2) is 13.1 Å². The van der Waals surface area contributed by atoms with Gasteiger partial charge in [0.05, 0.1) is 0 Å². The third-order valence-electron chi connectivity index (χ3n) is 3.46. The zero-order valence-corrected chi connectivity index (χ0v) is 9.91. The zero-order chi connectivity index (χ0) is 11.2. The SMILES string of the molecule is NCCNc1ccc(C2CCCCC2)cc1. The maximum Gasteiger partial charge on any atom is 0.0340 e. The lowest BCUT2D eigenvalue weighted by Crippen LogP contribution is -2.13. The average molecular weight is 218 g/mol. The second-order valence-corrected chi connectivity index (χ2v) is 4.67. The summed E-state index contributed by atoms with van der Waals surface area (Å²) in [7, 11) is 0. The minimum absolute atomic E-state index is 0.685. The van der Waals surface area contributed by atoms with Gasteiger partial charge in [-0.25, -0.2) is 0 Å². The van der Waals surface area contributed by atoms with Crippen molar-refractivity contribution in [2.24, 2.45) is 5.73 Å². The molecule has 0 aliphatic heterocycles. The molecule has 1 aromatic carbocycles. The summed E-state index contributed by atoms with van der Waals surface area (Å²) in [5, 5.41) is 3.30. The number of anilines is 1. The molecule has 88 valence electrons. The maximum absolute atomic E-state index is 5.46. The summed E-state index contributed by atoms with van der Waals surface area (Å²) in [5.41, 5.74) is 8.16. The van der Waals surface area contributed by atoms with Crippen molar-refractivity contribution in [1.29, 1.82) is 0 Å². The van der Waals surface area contributed by atoms with E-state index in [1.165, 1.54) is 43.4 Å². The number of nitrogens with one attached hydrogen (secondary N) is 1. The molecule has 0 amide bonds. The van der Waals surface area contributed by atoms with Crippen LogP contribution >= 0.6 is 0 Å². The van der Waals surface area contributed by atoms with Gasteiger partial charge in [0.15, 0.2) is 0 Å². The third-order valence-corrected chi connectivity index (χ3v) is 3.46. The molecule has 0 spiro atoms. The second-order valence-electron chi connectivity index (χ2n) is 4.67. The van der Waals surface area contributed by atoms with Crippen LogP contribution in [0.3, 0.4) is 0 Å². The highest BCUT2D eigenvalue weighted by molar-refractivity contribution is 5.45. The maximum atomic E-state index is 5.46. The number of benzene rings is 1. The van der Waals surface area contributed by atoms with Crippen molar-refractivity contribution in [1.82, 2.24) is 0 Å². The van der Waals surface area contributed by atoms with Crippen LogP contribution < -0.4 is 11.1 Å². The molecule has 0 heterocycles. The Morgan fingerprint density at radius 1 is 1.06 bits per heavy atom. The summed E-state index contributed by atoms with van der Waals surface area (Å²) >= 11 is 0. The molecule has 2 rings (SSSR count). The summed E-state index contributed by atoms with van der Waals surface area (Å²) in [6.45, 7) is 1.53. The van der Waals surface area contributed by atoms with E-state index < -0.39 is 0 Å². The standard InChI is InChI=1S/C14H22N2/c15-10-11-16-14-8-6-13(7-9-14)12-4-2-1-3-5-12/h6-9,12,16H,1-5,10-11,15H2. The molecule has 0 radical (unpaired) electrons. The molecule has 2 heteroatoms. The minimum atomic E-state index is 0.685. The zero-order valence-electron chi connectivity index (χ0n) is 9.91. The molecule has 0 bridgehead atoms. The fraction of sp³-hybridized carbons (Fsp3) is 0.571. The Labute approximate surface area is 98.2 Å². The van der Waals surface area contributed by atoms with Gasteiger partial charge in [0.25, 0.3) is 0 Å². The largest absolute Gasteiger partial charge is 0.384 e. The lowest BCUT2D eigenvalue weighted by Gasteiger charge is -2.22. The van der Waals surface area contributed by atoms with Crippen LogP contribution in [0.15, 0.2) is 24.3 Å². The van der Waals surface area contributed by atoms with Gasteiger partial charge in [-0.2, -0.15) is 0 Å². The molecule has 0 unspecified atom stereocenters. The van der Waals surface area contributed by atoms with Crippen LogP contribution in [-0.2, 0) is 0 Å². The molecular formula is C14H22N2. The first-order valence-electron chi connectivity index (χ1n) is 6.44. The first-order valence-corrected chi connectivity index (χ1v) is 6.44. The Morgan fingerprint density at radius 3 is 2.38 bits per heavy atom. The van der Waals surface area contributed by atoms with Crippen LogP contribution in [0, 0.1) is 0 Å². The monoisotopic (exact) mass is 218 g/mol. The highest BCUT2D eigenvalue weighted by atomic mass is 14.9. The van der Waals surface area contributed by atoms with Crippen molar-refractivity contribution in [2.45, 2.75) is 38.0 Å². The minimum Gasteiger partial charge on any atom is -0.384 e. The average Bonchev–Trinajstić information content (AvgIpc) is 2.38. The number of hydrogen-bond donors (Lipinski definition) is 2. The van der Waals surface area contributed by atoms with E-state index in [0.717, 1.165) is 12.5 Å².